The van der Waals surface area contributed by atoms with E-state index in [1.54, 1.807) is 38.3 Å². The number of hydrazine groups is 1. The van der Waals surface area contributed by atoms with Crippen LogP contribution in [0.25, 0.3) is 6.08 Å². The van der Waals surface area contributed by atoms with E-state index in [1.165, 1.54) is 24.3 Å². The maximum absolute atomic E-state index is 12.8. The molecule has 3 rings (SSSR count). The van der Waals surface area contributed by atoms with Crippen LogP contribution >= 0.6 is 0 Å². The van der Waals surface area contributed by atoms with Gasteiger partial charge >= 0.3 is 0 Å². The molecule has 0 aliphatic rings. The summed E-state index contributed by atoms with van der Waals surface area (Å²) in [4.78, 5) is 12.8. The Kier molecular flexibility index (Phi) is 8.15. The molecule has 9 heteroatoms. The van der Waals surface area contributed by atoms with Crippen LogP contribution < -0.4 is 25.0 Å². The Hall–Kier alpha value is -3.98. The van der Waals surface area contributed by atoms with Gasteiger partial charge in [0.15, 0.2) is 0 Å². The van der Waals surface area contributed by atoms with E-state index in [2.05, 4.69) is 15.6 Å². The second kappa shape index (κ2) is 11.2. The Morgan fingerprint density at radius 2 is 1.56 bits per heavy atom. The Balaban J connectivity index is 1.70. The van der Waals surface area contributed by atoms with E-state index in [1.807, 2.05) is 37.3 Å². The number of allylic oxidation sites excluding steroid dienone is 1. The summed E-state index contributed by atoms with van der Waals surface area (Å²) < 4.78 is 38.7. The smallest absolute Gasteiger partial charge is 0.271 e. The molecule has 3 aromatic rings. The molecular formula is C25H27N3O5S. The van der Waals surface area contributed by atoms with E-state index >= 15 is 0 Å². The van der Waals surface area contributed by atoms with Gasteiger partial charge in [0.2, 0.25) is 0 Å². The molecule has 0 aliphatic heterocycles. The van der Waals surface area contributed by atoms with Crippen LogP contribution in [0.15, 0.2) is 83.4 Å². The SMILES string of the molecule is CCOc1ccc(S(=O)(=O)Nc2ccccc2C(=O)NNC(C)=Cc2ccc(OC)cc2)cc1. The second-order valence-corrected chi connectivity index (χ2v) is 8.92. The Morgan fingerprint density at radius 3 is 2.21 bits per heavy atom. The van der Waals surface area contributed by atoms with Crippen molar-refractivity contribution in [3.05, 3.63) is 89.6 Å². The summed E-state index contributed by atoms with van der Waals surface area (Å²) in [6.45, 7) is 4.13. The maximum atomic E-state index is 12.8. The van der Waals surface area contributed by atoms with E-state index in [0.29, 0.717) is 18.1 Å². The number of carbonyl (C=O) groups excluding carboxylic acids is 1. The van der Waals surface area contributed by atoms with Gasteiger partial charge in [-0.05, 0) is 74.0 Å². The molecule has 0 spiro atoms. The molecule has 0 saturated heterocycles. The van der Waals surface area contributed by atoms with E-state index < -0.39 is 15.9 Å². The zero-order valence-corrected chi connectivity index (χ0v) is 20.0. The van der Waals surface area contributed by atoms with Gasteiger partial charge in [0.05, 0.1) is 29.9 Å². The molecule has 178 valence electrons. The van der Waals surface area contributed by atoms with Crippen molar-refractivity contribution in [2.45, 2.75) is 18.7 Å². The van der Waals surface area contributed by atoms with Gasteiger partial charge in [0.1, 0.15) is 11.5 Å². The van der Waals surface area contributed by atoms with Crippen molar-refractivity contribution in [2.75, 3.05) is 18.4 Å². The summed E-state index contributed by atoms with van der Waals surface area (Å²) in [5.74, 6) is 0.832. The molecule has 0 heterocycles. The van der Waals surface area contributed by atoms with Gasteiger partial charge in [-0.3, -0.25) is 14.9 Å². The lowest BCUT2D eigenvalue weighted by Crippen LogP contribution is -2.36. The Morgan fingerprint density at radius 1 is 0.912 bits per heavy atom. The minimum Gasteiger partial charge on any atom is -0.497 e. The van der Waals surface area contributed by atoms with Crippen LogP contribution in [0.5, 0.6) is 11.5 Å². The fourth-order valence-corrected chi connectivity index (χ4v) is 4.14. The molecule has 1 amide bonds. The average molecular weight is 482 g/mol. The van der Waals surface area contributed by atoms with Crippen molar-refractivity contribution in [3.8, 4) is 11.5 Å². The third kappa shape index (κ3) is 6.52. The molecule has 0 aliphatic carbocycles. The fourth-order valence-electron chi connectivity index (χ4n) is 3.06. The zero-order chi connectivity index (χ0) is 24.6. The summed E-state index contributed by atoms with van der Waals surface area (Å²) in [5.41, 5.74) is 7.37. The summed E-state index contributed by atoms with van der Waals surface area (Å²) in [6.07, 6.45) is 1.85. The van der Waals surface area contributed by atoms with E-state index in [0.717, 1.165) is 11.3 Å². The van der Waals surface area contributed by atoms with Crippen LogP contribution in [0.4, 0.5) is 5.69 Å². The van der Waals surface area contributed by atoms with Crippen molar-refractivity contribution in [2.24, 2.45) is 0 Å². The summed E-state index contributed by atoms with van der Waals surface area (Å²) >= 11 is 0. The lowest BCUT2D eigenvalue weighted by atomic mass is 10.2. The highest BCUT2D eigenvalue weighted by atomic mass is 32.2. The molecule has 3 aromatic carbocycles. The van der Waals surface area contributed by atoms with E-state index in [4.69, 9.17) is 9.47 Å². The second-order valence-electron chi connectivity index (χ2n) is 7.24. The van der Waals surface area contributed by atoms with Crippen LogP contribution in [0, 0.1) is 0 Å². The number of anilines is 1. The number of nitrogens with one attached hydrogen (secondary N) is 3. The summed E-state index contributed by atoms with van der Waals surface area (Å²) in [7, 11) is -2.31. The number of para-hydroxylation sites is 1. The lowest BCUT2D eigenvalue weighted by Gasteiger charge is -2.14. The van der Waals surface area contributed by atoms with Gasteiger partial charge in [-0.25, -0.2) is 8.42 Å². The normalized spacial score (nSPS) is 11.4. The molecule has 3 N–H and O–H groups in total. The standard InChI is InChI=1S/C25H27N3O5S/c1-4-33-21-13-15-22(16-14-21)34(30,31)28-24-8-6-5-7-23(24)25(29)27-26-18(2)17-19-9-11-20(32-3)12-10-19/h5-17,26,28H,4H2,1-3H3,(H,27,29). The molecular weight excluding hydrogens is 454 g/mol. The molecule has 0 bridgehead atoms. The molecule has 0 atom stereocenters. The highest BCUT2D eigenvalue weighted by Gasteiger charge is 2.18. The number of rotatable bonds is 10. The summed E-state index contributed by atoms with van der Waals surface area (Å²) in [6, 6.07) is 19.9. The van der Waals surface area contributed by atoms with Crippen LogP contribution in [-0.4, -0.2) is 28.0 Å². The highest BCUT2D eigenvalue weighted by molar-refractivity contribution is 7.92. The number of carbonyl (C=O) groups is 1. The van der Waals surface area contributed by atoms with Crippen LogP contribution in [-0.2, 0) is 10.0 Å². The predicted octanol–water partition coefficient (Wildman–Crippen LogP) is 4.19. The van der Waals surface area contributed by atoms with Gasteiger partial charge in [0, 0.05) is 5.70 Å². The van der Waals surface area contributed by atoms with Crippen LogP contribution in [0.1, 0.15) is 29.8 Å². The van der Waals surface area contributed by atoms with Crippen LogP contribution in [0.3, 0.4) is 0 Å². The number of amides is 1. The first kappa shape index (κ1) is 24.7. The quantitative estimate of drug-likeness (QED) is 0.375. The number of hydrogen-bond acceptors (Lipinski definition) is 6. The van der Waals surface area contributed by atoms with Crippen molar-refractivity contribution in [3.63, 3.8) is 0 Å². The molecule has 0 unspecified atom stereocenters. The average Bonchev–Trinajstić information content (AvgIpc) is 2.84. The van der Waals surface area contributed by atoms with Gasteiger partial charge in [0.25, 0.3) is 15.9 Å². The molecule has 0 radical (unpaired) electrons. The number of methoxy groups -OCH3 is 1. The van der Waals surface area contributed by atoms with Gasteiger partial charge < -0.3 is 14.9 Å². The van der Waals surface area contributed by atoms with Gasteiger partial charge in [-0.1, -0.05) is 24.3 Å². The lowest BCUT2D eigenvalue weighted by molar-refractivity contribution is 0.0940. The number of benzene rings is 3. The third-order valence-corrected chi connectivity index (χ3v) is 6.11. The first-order chi connectivity index (χ1) is 16.3. The van der Waals surface area contributed by atoms with Crippen molar-refractivity contribution >= 4 is 27.7 Å². The number of ether oxygens (including phenoxy) is 2. The predicted molar refractivity (Wildman–Crippen MR) is 132 cm³/mol. The summed E-state index contributed by atoms with van der Waals surface area (Å²) in [5, 5.41) is 0. The molecule has 0 fully saturated rings. The number of hydrogen-bond donors (Lipinski definition) is 3. The fraction of sp³-hybridized carbons (Fsp3) is 0.160. The van der Waals surface area contributed by atoms with Gasteiger partial charge in [-0.15, -0.1) is 0 Å². The monoisotopic (exact) mass is 481 g/mol. The van der Waals surface area contributed by atoms with E-state index in [9.17, 15) is 13.2 Å². The minimum absolute atomic E-state index is 0.0579. The van der Waals surface area contributed by atoms with Crippen LogP contribution in [0.2, 0.25) is 0 Å². The number of sulfonamides is 1. The third-order valence-electron chi connectivity index (χ3n) is 4.73. The van der Waals surface area contributed by atoms with E-state index in [-0.39, 0.29) is 16.1 Å². The minimum atomic E-state index is -3.91. The largest absolute Gasteiger partial charge is 0.497 e. The van der Waals surface area contributed by atoms with Gasteiger partial charge in [-0.2, -0.15) is 0 Å². The molecule has 0 aromatic heterocycles. The van der Waals surface area contributed by atoms with Crippen molar-refractivity contribution < 1.29 is 22.7 Å². The first-order valence-corrected chi connectivity index (χ1v) is 12.0. The molecule has 8 nitrogen and oxygen atoms in total. The molecule has 34 heavy (non-hydrogen) atoms. The van der Waals surface area contributed by atoms with Crippen molar-refractivity contribution in [1.29, 1.82) is 0 Å². The topological polar surface area (TPSA) is 106 Å². The molecule has 0 saturated carbocycles. The highest BCUT2D eigenvalue weighted by Crippen LogP contribution is 2.22. The maximum Gasteiger partial charge on any atom is 0.271 e. The first-order valence-electron chi connectivity index (χ1n) is 10.6. The van der Waals surface area contributed by atoms with Crippen molar-refractivity contribution in [1.82, 2.24) is 10.9 Å². The zero-order valence-electron chi connectivity index (χ0n) is 19.2. The Bertz CT molecular complexity index is 1250. The Labute approximate surface area is 199 Å².